The Morgan fingerprint density at radius 2 is 1.37 bits per heavy atom. The van der Waals surface area contributed by atoms with Gasteiger partial charge in [-0.15, -0.1) is 0 Å². The molecule has 0 saturated heterocycles. The highest BCUT2D eigenvalue weighted by Gasteiger charge is 2.24. The first-order valence-corrected chi connectivity index (χ1v) is 16.2. The molecule has 2 heterocycles. The third-order valence-corrected chi connectivity index (χ3v) is 8.53. The number of benzene rings is 2. The van der Waals surface area contributed by atoms with Gasteiger partial charge in [-0.05, 0) is 36.6 Å². The van der Waals surface area contributed by atoms with Gasteiger partial charge in [-0.1, -0.05) is 96.1 Å². The molecule has 2 aliphatic rings. The number of carbonyl (C=O) groups is 1. The number of unbranched alkanes of at least 4 members (excludes halogenated alkanes) is 12. The fourth-order valence-corrected chi connectivity index (χ4v) is 6.01. The van der Waals surface area contributed by atoms with Crippen LogP contribution in [0.4, 0.5) is 0 Å². The van der Waals surface area contributed by atoms with Gasteiger partial charge in [0.05, 0.1) is 7.11 Å². The molecule has 2 aromatic carbocycles. The molecule has 0 atom stereocenters. The van der Waals surface area contributed by atoms with E-state index in [9.17, 15) is 4.79 Å². The van der Waals surface area contributed by atoms with Crippen LogP contribution in [0.25, 0.3) is 0 Å². The molecule has 6 heteroatoms. The van der Waals surface area contributed by atoms with Crippen molar-refractivity contribution >= 4 is 6.29 Å². The fourth-order valence-electron chi connectivity index (χ4n) is 6.01. The van der Waals surface area contributed by atoms with Crippen molar-refractivity contribution < 1.29 is 19.0 Å². The zero-order valence-electron chi connectivity index (χ0n) is 25.6. The Kier molecular flexibility index (Phi) is 13.3. The molecule has 2 aromatic rings. The van der Waals surface area contributed by atoms with Crippen molar-refractivity contribution in [2.75, 3.05) is 33.7 Å². The smallest absolute Gasteiger partial charge is 0.167 e. The molecule has 0 radical (unpaired) electrons. The maximum absolute atomic E-state index is 11.3. The second kappa shape index (κ2) is 17.4. The molecular weight excluding hydrogens is 512 g/mol. The molecule has 0 bridgehead atoms. The lowest BCUT2D eigenvalue weighted by molar-refractivity contribution is 0.0509. The van der Waals surface area contributed by atoms with E-state index in [2.05, 4.69) is 34.9 Å². The molecule has 0 saturated carbocycles. The van der Waals surface area contributed by atoms with Crippen molar-refractivity contribution in [2.24, 2.45) is 0 Å². The molecule has 226 valence electrons. The van der Waals surface area contributed by atoms with Crippen LogP contribution in [0.2, 0.25) is 0 Å². The molecular formula is C35H52N2O4. The van der Waals surface area contributed by atoms with E-state index in [4.69, 9.17) is 14.2 Å². The highest BCUT2D eigenvalue weighted by Crippen LogP contribution is 2.36. The first-order valence-electron chi connectivity index (χ1n) is 16.2. The number of hydrogen-bond acceptors (Lipinski definition) is 6. The summed E-state index contributed by atoms with van der Waals surface area (Å²) in [6.07, 6.45) is 20.1. The molecule has 0 aromatic heterocycles. The van der Waals surface area contributed by atoms with Gasteiger partial charge in [-0.25, -0.2) is 0 Å². The van der Waals surface area contributed by atoms with E-state index in [1.54, 1.807) is 13.2 Å². The van der Waals surface area contributed by atoms with E-state index < -0.39 is 0 Å². The average Bonchev–Trinajstić information content (AvgIpc) is 3.01. The topological polar surface area (TPSA) is 51.2 Å². The minimum Gasteiger partial charge on any atom is -0.493 e. The Balaban J connectivity index is 1.09. The van der Waals surface area contributed by atoms with E-state index in [-0.39, 0.29) is 0 Å². The third-order valence-electron chi connectivity index (χ3n) is 8.53. The summed E-state index contributed by atoms with van der Waals surface area (Å²) in [6.45, 7) is 6.81. The normalized spacial score (nSPS) is 15.1. The molecule has 0 unspecified atom stereocenters. The first kappa shape index (κ1) is 31.4. The first-order chi connectivity index (χ1) is 20.2. The largest absolute Gasteiger partial charge is 0.493 e. The summed E-state index contributed by atoms with van der Waals surface area (Å²) in [5.74, 6) is 2.43. The lowest BCUT2D eigenvalue weighted by Gasteiger charge is -2.33. The van der Waals surface area contributed by atoms with Crippen molar-refractivity contribution in [1.82, 2.24) is 9.80 Å². The maximum atomic E-state index is 11.3. The third kappa shape index (κ3) is 10.0. The summed E-state index contributed by atoms with van der Waals surface area (Å²) in [5, 5.41) is 0. The molecule has 0 aliphatic carbocycles. The van der Waals surface area contributed by atoms with Crippen molar-refractivity contribution in [2.45, 2.75) is 110 Å². The summed E-state index contributed by atoms with van der Waals surface area (Å²) in [5.41, 5.74) is 4.27. The monoisotopic (exact) mass is 564 g/mol. The van der Waals surface area contributed by atoms with E-state index >= 15 is 0 Å². The van der Waals surface area contributed by atoms with Gasteiger partial charge in [0.15, 0.2) is 11.5 Å². The van der Waals surface area contributed by atoms with Gasteiger partial charge in [0.1, 0.15) is 25.5 Å². The number of nitrogens with zero attached hydrogens (tertiary/aromatic N) is 2. The van der Waals surface area contributed by atoms with Gasteiger partial charge in [0, 0.05) is 42.9 Å². The van der Waals surface area contributed by atoms with E-state index in [0.717, 1.165) is 55.9 Å². The number of fused-ring (bicyclic) bond motifs is 2. The lowest BCUT2D eigenvalue weighted by atomic mass is 10.0. The summed E-state index contributed by atoms with van der Waals surface area (Å²) < 4.78 is 17.6. The second-order valence-electron chi connectivity index (χ2n) is 11.9. The number of aryl methyl sites for hydroxylation is 1. The highest BCUT2D eigenvalue weighted by atomic mass is 16.5. The predicted octanol–water partition coefficient (Wildman–Crippen LogP) is 8.15. The van der Waals surface area contributed by atoms with Gasteiger partial charge < -0.3 is 14.2 Å². The molecule has 0 amide bonds. The predicted molar refractivity (Wildman–Crippen MR) is 166 cm³/mol. The Morgan fingerprint density at radius 3 is 2.00 bits per heavy atom. The molecule has 6 nitrogen and oxygen atoms in total. The van der Waals surface area contributed by atoms with Crippen LogP contribution in [0.1, 0.15) is 117 Å². The van der Waals surface area contributed by atoms with Gasteiger partial charge in [0.25, 0.3) is 0 Å². The summed E-state index contributed by atoms with van der Waals surface area (Å²) in [4.78, 5) is 15.9. The number of methoxy groups -OCH3 is 1. The summed E-state index contributed by atoms with van der Waals surface area (Å²) >= 11 is 0. The van der Waals surface area contributed by atoms with Crippen LogP contribution >= 0.6 is 0 Å². The second-order valence-corrected chi connectivity index (χ2v) is 11.9. The van der Waals surface area contributed by atoms with Crippen LogP contribution in [0, 0.1) is 0 Å². The van der Waals surface area contributed by atoms with Crippen molar-refractivity contribution in [3.63, 3.8) is 0 Å². The summed E-state index contributed by atoms with van der Waals surface area (Å²) in [7, 11) is 1.61. The molecule has 2 aliphatic heterocycles. The maximum Gasteiger partial charge on any atom is 0.167 e. The van der Waals surface area contributed by atoms with Gasteiger partial charge >= 0.3 is 0 Å². The summed E-state index contributed by atoms with van der Waals surface area (Å²) in [6, 6.07) is 10.4. The van der Waals surface area contributed by atoms with Crippen LogP contribution in [-0.2, 0) is 19.5 Å². The van der Waals surface area contributed by atoms with Crippen LogP contribution < -0.4 is 14.2 Å². The van der Waals surface area contributed by atoms with Crippen LogP contribution in [0.15, 0.2) is 30.3 Å². The van der Waals surface area contributed by atoms with E-state index in [0.29, 0.717) is 24.8 Å². The Morgan fingerprint density at radius 1 is 0.756 bits per heavy atom. The number of carbonyl (C=O) groups excluding carboxylic acids is 1. The number of rotatable bonds is 19. The van der Waals surface area contributed by atoms with Crippen molar-refractivity contribution in [3.8, 4) is 17.2 Å². The number of hydrogen-bond donors (Lipinski definition) is 0. The Bertz CT molecular complexity index is 1070. The number of ether oxygens (including phenoxy) is 3. The fraction of sp³-hybridized carbons (Fsp3) is 0.629. The van der Waals surface area contributed by atoms with E-state index in [1.165, 1.54) is 94.6 Å². The lowest BCUT2D eigenvalue weighted by Crippen LogP contribution is -2.41. The minimum atomic E-state index is 0.512. The molecule has 0 N–H and O–H groups in total. The number of aldehydes is 1. The van der Waals surface area contributed by atoms with Crippen molar-refractivity contribution in [1.29, 1.82) is 0 Å². The zero-order valence-corrected chi connectivity index (χ0v) is 25.6. The van der Waals surface area contributed by atoms with E-state index in [1.807, 2.05) is 6.07 Å². The molecule has 0 fully saturated rings. The van der Waals surface area contributed by atoms with Crippen molar-refractivity contribution in [3.05, 3.63) is 52.6 Å². The van der Waals surface area contributed by atoms with Gasteiger partial charge in [0.2, 0.25) is 0 Å². The SMILES string of the molecule is CCCCCCCCCCCCCCCc1ccc2c(c1)OCN(CCN1COc3c(cc(C=O)cc3OC)C1)C2. The molecule has 0 spiro atoms. The molecule has 4 rings (SSSR count). The minimum absolute atomic E-state index is 0.512. The Hall–Kier alpha value is -2.57. The standard InChI is InChI=1S/C35H52N2O4/c1-3-4-5-6-7-8-9-10-11-12-13-14-15-16-29-17-18-31-24-36(27-40-33(31)22-29)19-20-37-25-32-21-30(26-38)23-34(39-2)35(32)41-28-37/h17-18,21-23,26H,3-16,19-20,24-25,27-28H2,1-2H3. The van der Waals surface area contributed by atoms with Gasteiger partial charge in [-0.3, -0.25) is 14.6 Å². The van der Waals surface area contributed by atoms with Crippen LogP contribution in [-0.4, -0.2) is 49.7 Å². The average molecular weight is 565 g/mol. The Labute approximate surface area is 248 Å². The van der Waals surface area contributed by atoms with Crippen LogP contribution in [0.5, 0.6) is 17.2 Å². The van der Waals surface area contributed by atoms with Crippen LogP contribution in [0.3, 0.4) is 0 Å². The molecule has 41 heavy (non-hydrogen) atoms. The quantitative estimate of drug-likeness (QED) is 0.127. The highest BCUT2D eigenvalue weighted by molar-refractivity contribution is 5.77. The zero-order chi connectivity index (χ0) is 28.7. The van der Waals surface area contributed by atoms with Gasteiger partial charge in [-0.2, -0.15) is 0 Å².